The van der Waals surface area contributed by atoms with Gasteiger partial charge in [-0.1, -0.05) is 41.9 Å². The third kappa shape index (κ3) is 2.03. The summed E-state index contributed by atoms with van der Waals surface area (Å²) >= 11 is 6.07. The van der Waals surface area contributed by atoms with E-state index in [-0.39, 0.29) is 5.41 Å². The number of rotatable bonds is 0. The van der Waals surface area contributed by atoms with Crippen molar-refractivity contribution < 1.29 is 4.79 Å². The molecule has 0 aliphatic heterocycles. The van der Waals surface area contributed by atoms with Crippen molar-refractivity contribution in [1.29, 1.82) is 0 Å². The molecule has 0 radical (unpaired) electrons. The van der Waals surface area contributed by atoms with Crippen LogP contribution in [-0.4, -0.2) is 5.78 Å². The van der Waals surface area contributed by atoms with Crippen molar-refractivity contribution >= 4 is 17.4 Å². The molecule has 2 aromatic carbocycles. The van der Waals surface area contributed by atoms with E-state index in [1.165, 1.54) is 16.7 Å². The molecule has 1 spiro atoms. The highest BCUT2D eigenvalue weighted by Crippen LogP contribution is 2.46. The van der Waals surface area contributed by atoms with Crippen LogP contribution in [0.4, 0.5) is 0 Å². The van der Waals surface area contributed by atoms with Crippen molar-refractivity contribution in [2.45, 2.75) is 32.1 Å². The third-order valence-corrected chi connectivity index (χ3v) is 5.43. The van der Waals surface area contributed by atoms with Crippen molar-refractivity contribution in [1.82, 2.24) is 0 Å². The molecule has 0 aromatic heterocycles. The van der Waals surface area contributed by atoms with Gasteiger partial charge < -0.3 is 0 Å². The second kappa shape index (κ2) is 4.71. The quantitative estimate of drug-likeness (QED) is 0.692. The van der Waals surface area contributed by atoms with Crippen LogP contribution in [-0.2, 0) is 19.3 Å². The first kappa shape index (κ1) is 13.1. The Morgan fingerprint density at radius 1 is 0.905 bits per heavy atom. The van der Waals surface area contributed by atoms with E-state index in [2.05, 4.69) is 24.3 Å². The van der Waals surface area contributed by atoms with Crippen LogP contribution in [0.15, 0.2) is 42.5 Å². The molecule has 106 valence electrons. The Labute approximate surface area is 129 Å². The fourth-order valence-corrected chi connectivity index (χ4v) is 4.14. The first-order valence-corrected chi connectivity index (χ1v) is 7.96. The summed E-state index contributed by atoms with van der Waals surface area (Å²) in [5.74, 6) is 0.313. The van der Waals surface area contributed by atoms with Crippen LogP contribution in [0.25, 0.3) is 0 Å². The summed E-state index contributed by atoms with van der Waals surface area (Å²) in [6.07, 6.45) is 4.80. The van der Waals surface area contributed by atoms with E-state index in [0.717, 1.165) is 37.7 Å². The van der Waals surface area contributed by atoms with Crippen LogP contribution in [0, 0.1) is 5.41 Å². The van der Waals surface area contributed by atoms with E-state index in [9.17, 15) is 4.79 Å². The number of fused-ring (bicyclic) bond motifs is 2. The van der Waals surface area contributed by atoms with E-state index < -0.39 is 0 Å². The summed E-state index contributed by atoms with van der Waals surface area (Å²) < 4.78 is 0. The minimum absolute atomic E-state index is 0.202. The van der Waals surface area contributed by atoms with Crippen molar-refractivity contribution in [2.24, 2.45) is 5.41 Å². The maximum absolute atomic E-state index is 13.0. The van der Waals surface area contributed by atoms with Gasteiger partial charge in [-0.15, -0.1) is 0 Å². The summed E-state index contributed by atoms with van der Waals surface area (Å²) in [6, 6.07) is 14.4. The molecule has 0 N–H and O–H groups in total. The lowest BCUT2D eigenvalue weighted by molar-refractivity contribution is 0.0794. The predicted molar refractivity (Wildman–Crippen MR) is 85.0 cm³/mol. The summed E-state index contributed by atoms with van der Waals surface area (Å²) in [4.78, 5) is 13.0. The molecule has 2 aromatic rings. The Morgan fingerprint density at radius 2 is 1.57 bits per heavy atom. The molecule has 0 fully saturated rings. The minimum Gasteiger partial charge on any atom is -0.294 e. The second-order valence-corrected chi connectivity index (χ2v) is 6.79. The minimum atomic E-state index is -0.202. The number of halogens is 1. The molecular weight excluding hydrogens is 280 g/mol. The summed E-state index contributed by atoms with van der Waals surface area (Å²) in [5, 5.41) is 0.663. The average molecular weight is 297 g/mol. The molecule has 0 saturated heterocycles. The number of aryl methyl sites for hydroxylation is 2. The molecule has 0 heterocycles. The summed E-state index contributed by atoms with van der Waals surface area (Å²) in [6.45, 7) is 0. The highest BCUT2D eigenvalue weighted by molar-refractivity contribution is 6.31. The molecule has 2 aliphatic carbocycles. The number of Topliss-reactive ketones (excluding diaryl/α,β-unsaturated/α-hetero) is 1. The van der Waals surface area contributed by atoms with Crippen LogP contribution in [0.1, 0.15) is 39.9 Å². The Morgan fingerprint density at radius 3 is 2.24 bits per heavy atom. The van der Waals surface area contributed by atoms with Gasteiger partial charge in [0.25, 0.3) is 0 Å². The molecule has 1 nitrogen and oxygen atoms in total. The number of carbonyl (C=O) groups is 1. The molecule has 21 heavy (non-hydrogen) atoms. The predicted octanol–water partition coefficient (Wildman–Crippen LogP) is 4.64. The van der Waals surface area contributed by atoms with Gasteiger partial charge in [-0.2, -0.15) is 0 Å². The van der Waals surface area contributed by atoms with Gasteiger partial charge in [-0.25, -0.2) is 0 Å². The summed E-state index contributed by atoms with van der Waals surface area (Å²) in [5.41, 5.74) is 4.66. The third-order valence-electron chi connectivity index (χ3n) is 5.19. The van der Waals surface area contributed by atoms with Gasteiger partial charge in [0.1, 0.15) is 0 Å². The van der Waals surface area contributed by atoms with Gasteiger partial charge in [0.05, 0.1) is 0 Å². The Kier molecular flexibility index (Phi) is 2.93. The van der Waals surface area contributed by atoms with E-state index >= 15 is 0 Å². The SMILES string of the molecule is O=C1c2cc(Cl)ccc2CC12CCc1ccccc1CC2. The molecule has 2 heteroatoms. The van der Waals surface area contributed by atoms with E-state index in [1.54, 1.807) is 0 Å². The molecule has 0 unspecified atom stereocenters. The molecule has 2 aliphatic rings. The monoisotopic (exact) mass is 296 g/mol. The highest BCUT2D eigenvalue weighted by atomic mass is 35.5. The van der Waals surface area contributed by atoms with Gasteiger partial charge in [0, 0.05) is 16.0 Å². The lowest BCUT2D eigenvalue weighted by Crippen LogP contribution is -2.28. The van der Waals surface area contributed by atoms with Gasteiger partial charge in [-0.05, 0) is 60.9 Å². The van der Waals surface area contributed by atoms with E-state index in [1.807, 2.05) is 18.2 Å². The van der Waals surface area contributed by atoms with E-state index in [4.69, 9.17) is 11.6 Å². The molecule has 0 amide bonds. The highest BCUT2D eigenvalue weighted by Gasteiger charge is 2.45. The van der Waals surface area contributed by atoms with Gasteiger partial charge in [0.2, 0.25) is 0 Å². The maximum atomic E-state index is 13.0. The van der Waals surface area contributed by atoms with Crippen molar-refractivity contribution in [3.63, 3.8) is 0 Å². The standard InChI is InChI=1S/C19H17ClO/c20-16-6-5-15-12-19(18(21)17(15)11-16)9-7-13-3-1-2-4-14(13)8-10-19/h1-6,11H,7-10,12H2. The van der Waals surface area contributed by atoms with Crippen LogP contribution in [0.3, 0.4) is 0 Å². The van der Waals surface area contributed by atoms with Gasteiger partial charge in [0.15, 0.2) is 5.78 Å². The fourth-order valence-electron chi connectivity index (χ4n) is 3.97. The van der Waals surface area contributed by atoms with Crippen molar-refractivity contribution in [3.05, 3.63) is 69.7 Å². The average Bonchev–Trinajstić information content (AvgIpc) is 2.66. The molecule has 0 atom stereocenters. The van der Waals surface area contributed by atoms with Crippen LogP contribution in [0.5, 0.6) is 0 Å². The zero-order chi connectivity index (χ0) is 14.4. The first-order valence-electron chi connectivity index (χ1n) is 7.58. The van der Waals surface area contributed by atoms with Crippen molar-refractivity contribution in [3.8, 4) is 0 Å². The number of hydrogen-bond acceptors (Lipinski definition) is 1. The largest absolute Gasteiger partial charge is 0.294 e. The number of hydrogen-bond donors (Lipinski definition) is 0. The molecule has 0 saturated carbocycles. The summed E-state index contributed by atoms with van der Waals surface area (Å²) in [7, 11) is 0. The van der Waals surface area contributed by atoms with Gasteiger partial charge >= 0.3 is 0 Å². The number of benzene rings is 2. The van der Waals surface area contributed by atoms with Crippen LogP contribution >= 0.6 is 11.6 Å². The smallest absolute Gasteiger partial charge is 0.169 e. The topological polar surface area (TPSA) is 17.1 Å². The zero-order valence-electron chi connectivity index (χ0n) is 11.9. The Hall–Kier alpha value is -1.60. The van der Waals surface area contributed by atoms with E-state index in [0.29, 0.717) is 10.8 Å². The number of ketones is 1. The zero-order valence-corrected chi connectivity index (χ0v) is 12.6. The molecule has 4 rings (SSSR count). The Bertz CT molecular complexity index is 705. The van der Waals surface area contributed by atoms with Gasteiger partial charge in [-0.3, -0.25) is 4.79 Å². The molecule has 0 bridgehead atoms. The lowest BCUT2D eigenvalue weighted by atomic mass is 9.76. The molecular formula is C19H17ClO. The van der Waals surface area contributed by atoms with Crippen molar-refractivity contribution in [2.75, 3.05) is 0 Å². The number of carbonyl (C=O) groups excluding carboxylic acids is 1. The maximum Gasteiger partial charge on any atom is 0.169 e. The van der Waals surface area contributed by atoms with Crippen LogP contribution < -0.4 is 0 Å². The second-order valence-electron chi connectivity index (χ2n) is 6.36. The lowest BCUT2D eigenvalue weighted by Gasteiger charge is -2.25. The van der Waals surface area contributed by atoms with Crippen LogP contribution in [0.2, 0.25) is 5.02 Å². The normalized spacial score (nSPS) is 19.2. The first-order chi connectivity index (χ1) is 10.2. The fraction of sp³-hybridized carbons (Fsp3) is 0.316. The Balaban J connectivity index is 1.70.